The number of hydrogen-bond donors (Lipinski definition) is 3. The summed E-state index contributed by atoms with van der Waals surface area (Å²) in [6, 6.07) is 10.8. The molecule has 0 saturated heterocycles. The number of nitro groups is 1. The maximum absolute atomic E-state index is 12.2. The summed E-state index contributed by atoms with van der Waals surface area (Å²) < 4.78 is 26.6. The zero-order chi connectivity index (χ0) is 21.4. The molecule has 0 aliphatic rings. The van der Waals surface area contributed by atoms with Gasteiger partial charge < -0.3 is 10.6 Å². The second kappa shape index (κ2) is 9.75. The van der Waals surface area contributed by atoms with Crippen molar-refractivity contribution in [3.63, 3.8) is 0 Å². The van der Waals surface area contributed by atoms with Crippen LogP contribution in [0.5, 0.6) is 0 Å². The molecule has 3 N–H and O–H groups in total. The van der Waals surface area contributed by atoms with Crippen molar-refractivity contribution in [1.82, 2.24) is 10.0 Å². The van der Waals surface area contributed by atoms with Gasteiger partial charge in [-0.3, -0.25) is 19.7 Å². The van der Waals surface area contributed by atoms with Crippen molar-refractivity contribution >= 4 is 33.2 Å². The lowest BCUT2D eigenvalue weighted by Crippen LogP contribution is -2.34. The fourth-order valence-corrected chi connectivity index (χ4v) is 3.28. The zero-order valence-electron chi connectivity index (χ0n) is 15.5. The third-order valence-corrected chi connectivity index (χ3v) is 5.29. The van der Waals surface area contributed by atoms with Gasteiger partial charge in [-0.2, -0.15) is 0 Å². The van der Waals surface area contributed by atoms with Crippen LogP contribution in [-0.2, 0) is 14.8 Å². The van der Waals surface area contributed by atoms with Gasteiger partial charge in [-0.15, -0.1) is 0 Å². The van der Waals surface area contributed by atoms with Crippen LogP contribution in [0.4, 0.5) is 11.4 Å². The maximum Gasteiger partial charge on any atom is 0.269 e. The highest BCUT2D eigenvalue weighted by molar-refractivity contribution is 7.89. The lowest BCUT2D eigenvalue weighted by Gasteiger charge is -2.09. The van der Waals surface area contributed by atoms with Crippen molar-refractivity contribution in [1.29, 1.82) is 0 Å². The lowest BCUT2D eigenvalue weighted by atomic mass is 10.2. The maximum atomic E-state index is 12.2. The molecule has 0 heterocycles. The van der Waals surface area contributed by atoms with Gasteiger partial charge in [-0.1, -0.05) is 6.92 Å². The minimum absolute atomic E-state index is 0.0410. The first-order valence-corrected chi connectivity index (χ1v) is 10.1. The Hall–Kier alpha value is -3.31. The number of carbonyl (C=O) groups excluding carboxylic acids is 2. The quantitative estimate of drug-likeness (QED) is 0.319. The number of hydrogen-bond acceptors (Lipinski definition) is 6. The van der Waals surface area contributed by atoms with Gasteiger partial charge in [0.2, 0.25) is 15.9 Å². The topological polar surface area (TPSA) is 148 Å². The van der Waals surface area contributed by atoms with Crippen LogP contribution in [0.15, 0.2) is 53.4 Å². The van der Waals surface area contributed by atoms with E-state index in [-0.39, 0.29) is 29.6 Å². The predicted molar refractivity (Wildman–Crippen MR) is 106 cm³/mol. The second-order valence-electron chi connectivity index (χ2n) is 5.88. The van der Waals surface area contributed by atoms with E-state index in [1.54, 1.807) is 31.2 Å². The Kier molecular flexibility index (Phi) is 7.39. The molecule has 0 atom stereocenters. The van der Waals surface area contributed by atoms with Crippen LogP contribution in [0.2, 0.25) is 0 Å². The number of sulfonamides is 1. The van der Waals surface area contributed by atoms with Gasteiger partial charge in [0, 0.05) is 42.9 Å². The van der Waals surface area contributed by atoms with E-state index in [4.69, 9.17) is 0 Å². The predicted octanol–water partition coefficient (Wildman–Crippen LogP) is 1.65. The Balaban J connectivity index is 1.83. The van der Waals surface area contributed by atoms with E-state index in [1.165, 1.54) is 0 Å². The molecule has 2 amide bonds. The zero-order valence-corrected chi connectivity index (χ0v) is 16.4. The van der Waals surface area contributed by atoms with Crippen LogP contribution in [0.3, 0.4) is 0 Å². The standard InChI is InChI=1S/C18H20N4O6S/c1-2-17(23)21-14-5-3-13(4-6-14)18(24)19-11-12-20-29(27,28)16-9-7-15(8-10-16)22(25)26/h3-10,20H,2,11-12H2,1H3,(H,19,24)(H,21,23). The summed E-state index contributed by atoms with van der Waals surface area (Å²) in [5.74, 6) is -0.532. The van der Waals surface area contributed by atoms with Crippen molar-refractivity contribution in [3.8, 4) is 0 Å². The molecule has 2 aromatic carbocycles. The van der Waals surface area contributed by atoms with Gasteiger partial charge >= 0.3 is 0 Å². The monoisotopic (exact) mass is 420 g/mol. The van der Waals surface area contributed by atoms with Crippen LogP contribution in [-0.4, -0.2) is 38.2 Å². The van der Waals surface area contributed by atoms with Crippen LogP contribution >= 0.6 is 0 Å². The average molecular weight is 420 g/mol. The van der Waals surface area contributed by atoms with Crippen molar-refractivity contribution < 1.29 is 22.9 Å². The second-order valence-corrected chi connectivity index (χ2v) is 7.65. The summed E-state index contributed by atoms with van der Waals surface area (Å²) in [6.45, 7) is 1.71. The van der Waals surface area contributed by atoms with E-state index >= 15 is 0 Å². The summed E-state index contributed by atoms with van der Waals surface area (Å²) in [4.78, 5) is 33.3. The number of nitrogens with one attached hydrogen (secondary N) is 3. The molecule has 0 aliphatic carbocycles. The van der Waals surface area contributed by atoms with Gasteiger partial charge in [0.25, 0.3) is 11.6 Å². The molecule has 0 aliphatic heterocycles. The fourth-order valence-electron chi connectivity index (χ4n) is 2.25. The SMILES string of the molecule is CCC(=O)Nc1ccc(C(=O)NCCNS(=O)(=O)c2ccc([N+](=O)[O-])cc2)cc1. The minimum atomic E-state index is -3.85. The average Bonchev–Trinajstić information content (AvgIpc) is 2.71. The number of anilines is 1. The number of benzene rings is 2. The summed E-state index contributed by atoms with van der Waals surface area (Å²) in [5, 5.41) is 15.9. The Morgan fingerprint density at radius 3 is 2.17 bits per heavy atom. The third-order valence-electron chi connectivity index (χ3n) is 3.81. The van der Waals surface area contributed by atoms with E-state index in [0.29, 0.717) is 17.7 Å². The molecule has 2 aromatic rings. The Morgan fingerprint density at radius 1 is 1.00 bits per heavy atom. The largest absolute Gasteiger partial charge is 0.351 e. The molecule has 29 heavy (non-hydrogen) atoms. The Bertz CT molecular complexity index is 988. The Morgan fingerprint density at radius 2 is 1.62 bits per heavy atom. The molecule has 11 heteroatoms. The highest BCUT2D eigenvalue weighted by Gasteiger charge is 2.15. The van der Waals surface area contributed by atoms with Gasteiger partial charge in [0.1, 0.15) is 0 Å². The van der Waals surface area contributed by atoms with Gasteiger partial charge in [-0.05, 0) is 36.4 Å². The molecule has 0 spiro atoms. The van der Waals surface area contributed by atoms with Gasteiger partial charge in [-0.25, -0.2) is 13.1 Å². The number of rotatable bonds is 9. The lowest BCUT2D eigenvalue weighted by molar-refractivity contribution is -0.384. The fraction of sp³-hybridized carbons (Fsp3) is 0.222. The number of amides is 2. The van der Waals surface area contributed by atoms with E-state index < -0.39 is 20.9 Å². The molecule has 0 fully saturated rings. The number of nitro benzene ring substituents is 1. The molecule has 10 nitrogen and oxygen atoms in total. The normalized spacial score (nSPS) is 10.9. The number of non-ortho nitro benzene ring substituents is 1. The summed E-state index contributed by atoms with van der Waals surface area (Å²) >= 11 is 0. The van der Waals surface area contributed by atoms with Gasteiger partial charge in [0.15, 0.2) is 0 Å². The van der Waals surface area contributed by atoms with Gasteiger partial charge in [0.05, 0.1) is 9.82 Å². The summed E-state index contributed by atoms with van der Waals surface area (Å²) in [6.07, 6.45) is 0.345. The molecular weight excluding hydrogens is 400 g/mol. The van der Waals surface area contributed by atoms with Crippen molar-refractivity contribution in [3.05, 3.63) is 64.2 Å². The smallest absolute Gasteiger partial charge is 0.269 e. The molecule has 0 unspecified atom stereocenters. The minimum Gasteiger partial charge on any atom is -0.351 e. The van der Waals surface area contributed by atoms with Crippen molar-refractivity contribution in [2.45, 2.75) is 18.2 Å². The molecule has 0 bridgehead atoms. The number of nitrogens with zero attached hydrogens (tertiary/aromatic N) is 1. The van der Waals surface area contributed by atoms with Crippen molar-refractivity contribution in [2.75, 3.05) is 18.4 Å². The van der Waals surface area contributed by atoms with E-state index in [1.807, 2.05) is 0 Å². The molecule has 154 valence electrons. The molecular formula is C18H20N4O6S. The number of carbonyl (C=O) groups is 2. The van der Waals surface area contributed by atoms with E-state index in [2.05, 4.69) is 15.4 Å². The van der Waals surface area contributed by atoms with E-state index in [9.17, 15) is 28.1 Å². The summed E-state index contributed by atoms with van der Waals surface area (Å²) in [7, 11) is -3.85. The molecule has 0 radical (unpaired) electrons. The third kappa shape index (κ3) is 6.36. The first-order valence-electron chi connectivity index (χ1n) is 8.65. The Labute approximate surface area is 167 Å². The highest BCUT2D eigenvalue weighted by atomic mass is 32.2. The highest BCUT2D eigenvalue weighted by Crippen LogP contribution is 2.15. The van der Waals surface area contributed by atoms with Crippen LogP contribution in [0.1, 0.15) is 23.7 Å². The summed E-state index contributed by atoms with van der Waals surface area (Å²) in [5.41, 5.74) is 0.721. The van der Waals surface area contributed by atoms with Crippen LogP contribution in [0, 0.1) is 10.1 Å². The van der Waals surface area contributed by atoms with Crippen LogP contribution < -0.4 is 15.4 Å². The molecule has 0 aromatic heterocycles. The first-order chi connectivity index (χ1) is 13.7. The van der Waals surface area contributed by atoms with Crippen molar-refractivity contribution in [2.24, 2.45) is 0 Å². The van der Waals surface area contributed by atoms with Crippen LogP contribution in [0.25, 0.3) is 0 Å². The molecule has 0 saturated carbocycles. The molecule has 2 rings (SSSR count). The van der Waals surface area contributed by atoms with E-state index in [0.717, 1.165) is 24.3 Å². The first kappa shape index (κ1) is 22.0.